The Balaban J connectivity index is 0.887. The van der Waals surface area contributed by atoms with Crippen molar-refractivity contribution in [3.05, 3.63) is 236 Å². The Morgan fingerprint density at radius 3 is 1.64 bits per heavy atom. The molecule has 0 bridgehead atoms. The molecular formula is C64H39N3S2. The molecule has 0 spiro atoms. The first-order chi connectivity index (χ1) is 36.3. The van der Waals surface area contributed by atoms with Crippen molar-refractivity contribution in [2.75, 3.05) is 4.90 Å². The molecule has 5 heteroatoms. The second kappa shape index (κ2) is 15.0. The van der Waals surface area contributed by atoms with Crippen LogP contribution in [0.15, 0.2) is 236 Å². The molecule has 0 aliphatic rings. The quantitative estimate of drug-likeness (QED) is 0.162. The van der Waals surface area contributed by atoms with Crippen LogP contribution in [0, 0.1) is 0 Å². The summed E-state index contributed by atoms with van der Waals surface area (Å²) in [5.41, 5.74) is 10.2. The van der Waals surface area contributed by atoms with E-state index >= 15 is 0 Å². The average Bonchev–Trinajstić information content (AvgIpc) is 4.22. The van der Waals surface area contributed by atoms with Crippen LogP contribution in [-0.4, -0.2) is 9.13 Å². The summed E-state index contributed by atoms with van der Waals surface area (Å²) < 4.78 is 53.2. The van der Waals surface area contributed by atoms with Gasteiger partial charge >= 0.3 is 0 Å². The van der Waals surface area contributed by atoms with E-state index in [9.17, 15) is 0 Å². The van der Waals surface area contributed by atoms with Crippen molar-refractivity contribution in [3.63, 3.8) is 0 Å². The van der Waals surface area contributed by atoms with E-state index in [1.807, 2.05) is 22.0 Å². The third-order valence-corrected chi connectivity index (χ3v) is 16.4. The van der Waals surface area contributed by atoms with Crippen molar-refractivity contribution in [2.45, 2.75) is 0 Å². The molecule has 322 valence electrons. The molecule has 4 heterocycles. The summed E-state index contributed by atoms with van der Waals surface area (Å²) in [6, 6.07) is 72.1. The lowest BCUT2D eigenvalue weighted by molar-refractivity contribution is 1.17. The summed E-state index contributed by atoms with van der Waals surface area (Å²) in [5, 5.41) is 11.3. The number of hydrogen-bond acceptors (Lipinski definition) is 3. The number of aromatic nitrogens is 2. The maximum absolute atomic E-state index is 9.16. The maximum Gasteiger partial charge on any atom is 0.0645 e. The monoisotopic (exact) mass is 918 g/mol. The predicted molar refractivity (Wildman–Crippen MR) is 299 cm³/mol. The molecule has 0 aliphatic heterocycles. The number of fused-ring (bicyclic) bond motifs is 14. The Hall–Kier alpha value is -8.48. The number of hydrogen-bond donors (Lipinski definition) is 0. The zero-order valence-electron chi connectivity index (χ0n) is 41.8. The summed E-state index contributed by atoms with van der Waals surface area (Å²) in [4.78, 5) is 2.33. The normalized spacial score (nSPS) is 13.1. The number of benzene rings is 11. The van der Waals surface area contributed by atoms with Gasteiger partial charge in [-0.05, 0) is 132 Å². The van der Waals surface area contributed by atoms with Gasteiger partial charge in [-0.2, -0.15) is 0 Å². The van der Waals surface area contributed by atoms with Crippen molar-refractivity contribution in [1.29, 1.82) is 0 Å². The van der Waals surface area contributed by atoms with Crippen molar-refractivity contribution < 1.29 is 6.85 Å². The van der Waals surface area contributed by atoms with Gasteiger partial charge in [0.15, 0.2) is 0 Å². The fourth-order valence-electron chi connectivity index (χ4n) is 10.9. The second-order valence-corrected chi connectivity index (χ2v) is 19.9. The molecule has 11 aromatic carbocycles. The lowest BCUT2D eigenvalue weighted by Crippen LogP contribution is -2.10. The van der Waals surface area contributed by atoms with E-state index in [4.69, 9.17) is 6.85 Å². The largest absolute Gasteiger partial charge is 0.310 e. The van der Waals surface area contributed by atoms with Crippen LogP contribution < -0.4 is 4.90 Å². The predicted octanol–water partition coefficient (Wildman–Crippen LogP) is 18.9. The molecule has 0 saturated heterocycles. The molecule has 15 rings (SSSR count). The van der Waals surface area contributed by atoms with Crippen molar-refractivity contribution in [1.82, 2.24) is 9.13 Å². The molecule has 0 unspecified atom stereocenters. The molecule has 4 aromatic heterocycles. The first kappa shape index (κ1) is 33.9. The average molecular weight is 919 g/mol. The standard InChI is InChI=1S/C64H39N3S2/c1-2-12-43(13-3-1)67-59-34-25-41(36-54(59)55-37-42-24-33-52-50-16-6-11-21-62(50)69-64(52)53(42)39-60(55)67)40-22-26-44(27-23-40)65(47-32-35-63-56(38-47)51-17-7-10-20-61(51)68-63)45-28-30-46(31-29-45)66-57-18-8-4-14-48(57)49-15-5-9-19-58(49)66/h1-39H/i1D,2D,3D,12D,13D. The van der Waals surface area contributed by atoms with Crippen LogP contribution in [0.5, 0.6) is 0 Å². The van der Waals surface area contributed by atoms with Crippen molar-refractivity contribution >= 4 is 134 Å². The summed E-state index contributed by atoms with van der Waals surface area (Å²) in [5.74, 6) is 0. The molecule has 15 aromatic rings. The summed E-state index contributed by atoms with van der Waals surface area (Å²) >= 11 is 3.57. The molecule has 3 nitrogen and oxygen atoms in total. The molecule has 69 heavy (non-hydrogen) atoms. The molecule has 0 N–H and O–H groups in total. The highest BCUT2D eigenvalue weighted by molar-refractivity contribution is 7.26. The van der Waals surface area contributed by atoms with E-state index in [0.717, 1.165) is 71.2 Å². The highest BCUT2D eigenvalue weighted by Crippen LogP contribution is 2.45. The Morgan fingerprint density at radius 1 is 0.333 bits per heavy atom. The number of para-hydroxylation sites is 3. The van der Waals surface area contributed by atoms with Crippen LogP contribution in [0.3, 0.4) is 0 Å². The van der Waals surface area contributed by atoms with E-state index < -0.39 is 6.04 Å². The smallest absolute Gasteiger partial charge is 0.0645 e. The number of nitrogens with zero attached hydrogens (tertiary/aromatic N) is 3. The van der Waals surface area contributed by atoms with Gasteiger partial charge < -0.3 is 14.0 Å². The van der Waals surface area contributed by atoms with Gasteiger partial charge in [-0.1, -0.05) is 121 Å². The second-order valence-electron chi connectivity index (χ2n) is 17.7. The van der Waals surface area contributed by atoms with Gasteiger partial charge in [0.25, 0.3) is 0 Å². The van der Waals surface area contributed by atoms with Crippen LogP contribution in [-0.2, 0) is 0 Å². The van der Waals surface area contributed by atoms with E-state index in [-0.39, 0.29) is 29.9 Å². The first-order valence-corrected chi connectivity index (χ1v) is 24.7. The Morgan fingerprint density at radius 2 is 0.899 bits per heavy atom. The topological polar surface area (TPSA) is 13.1 Å². The molecule has 0 saturated carbocycles. The van der Waals surface area contributed by atoms with E-state index in [0.29, 0.717) is 0 Å². The summed E-state index contributed by atoms with van der Waals surface area (Å²) in [7, 11) is 0. The SMILES string of the molecule is [2H]c1c([2H])c([2H])c(-n2c3ccc(-c4ccc(N(c5ccc(-n6c7ccccc7c7ccccc76)cc5)c5ccc6sc7ccccc7c6c5)cc4)cc3c3cc4ccc5c6ccccc6sc5c4cc32)c([2H])c1[2H]. The van der Waals surface area contributed by atoms with Crippen molar-refractivity contribution in [2.24, 2.45) is 0 Å². The lowest BCUT2D eigenvalue weighted by atomic mass is 10.0. The van der Waals surface area contributed by atoms with Crippen LogP contribution in [0.25, 0.3) is 117 Å². The first-order valence-electron chi connectivity index (χ1n) is 25.6. The zero-order valence-corrected chi connectivity index (χ0v) is 38.4. The van der Waals surface area contributed by atoms with Crippen molar-refractivity contribution in [3.8, 4) is 22.5 Å². The molecule has 0 aliphatic carbocycles. The summed E-state index contributed by atoms with van der Waals surface area (Å²) in [6.45, 7) is 0. The molecule has 0 fully saturated rings. The third-order valence-electron chi connectivity index (χ3n) is 14.0. The van der Waals surface area contributed by atoms with Gasteiger partial charge in [0.05, 0.1) is 28.9 Å². The Bertz CT molecular complexity index is 4770. The third kappa shape index (κ3) is 5.91. The van der Waals surface area contributed by atoms with Gasteiger partial charge in [0.2, 0.25) is 0 Å². The number of rotatable bonds is 6. The number of anilines is 3. The Kier molecular flexibility index (Phi) is 7.38. The van der Waals surface area contributed by atoms with Gasteiger partial charge in [0, 0.05) is 95.7 Å². The Labute approximate surface area is 412 Å². The summed E-state index contributed by atoms with van der Waals surface area (Å²) in [6.07, 6.45) is 0. The highest BCUT2D eigenvalue weighted by Gasteiger charge is 2.20. The maximum atomic E-state index is 9.16. The minimum Gasteiger partial charge on any atom is -0.310 e. The van der Waals surface area contributed by atoms with Crippen LogP contribution in [0.2, 0.25) is 0 Å². The van der Waals surface area contributed by atoms with E-state index in [1.165, 1.54) is 57.5 Å². The minimum absolute atomic E-state index is 0.132. The fraction of sp³-hybridized carbons (Fsp3) is 0. The van der Waals surface area contributed by atoms with Crippen LogP contribution in [0.4, 0.5) is 17.1 Å². The van der Waals surface area contributed by atoms with E-state index in [2.05, 4.69) is 210 Å². The highest BCUT2D eigenvalue weighted by atomic mass is 32.1. The lowest BCUT2D eigenvalue weighted by Gasteiger charge is -2.26. The zero-order chi connectivity index (χ0) is 49.5. The fourth-order valence-corrected chi connectivity index (χ4v) is 13.2. The van der Waals surface area contributed by atoms with Crippen LogP contribution >= 0.6 is 22.7 Å². The molecule has 0 atom stereocenters. The van der Waals surface area contributed by atoms with Gasteiger partial charge in [0.1, 0.15) is 0 Å². The molecule has 0 radical (unpaired) electrons. The van der Waals surface area contributed by atoms with E-state index in [1.54, 1.807) is 11.3 Å². The van der Waals surface area contributed by atoms with Gasteiger partial charge in [-0.25, -0.2) is 0 Å². The minimum atomic E-state index is -0.414. The molecular weight excluding hydrogens is 875 g/mol. The van der Waals surface area contributed by atoms with Gasteiger partial charge in [-0.3, -0.25) is 0 Å². The molecule has 0 amide bonds. The number of thiophene rings is 2. The van der Waals surface area contributed by atoms with Crippen LogP contribution in [0.1, 0.15) is 6.85 Å². The van der Waals surface area contributed by atoms with Gasteiger partial charge in [-0.15, -0.1) is 22.7 Å².